The standard InChI is InChI=1S/C14H21ClN4O2/c1-10-8-18(9-11(2)20)6-7-19(10)14(21)17-12-4-3-5-16-13(12)15/h3-5,10-11,20H,6-9H2,1-2H3,(H,17,21)/t10-,11+/m0/s1. The lowest BCUT2D eigenvalue weighted by Gasteiger charge is -2.40. The summed E-state index contributed by atoms with van der Waals surface area (Å²) in [6, 6.07) is 3.36. The second kappa shape index (κ2) is 7.06. The zero-order valence-corrected chi connectivity index (χ0v) is 13.0. The normalized spacial score (nSPS) is 21.1. The highest BCUT2D eigenvalue weighted by molar-refractivity contribution is 6.32. The second-order valence-corrected chi connectivity index (χ2v) is 5.78. The van der Waals surface area contributed by atoms with Gasteiger partial charge in [0.25, 0.3) is 0 Å². The molecule has 0 spiro atoms. The number of rotatable bonds is 3. The van der Waals surface area contributed by atoms with Gasteiger partial charge in [0.1, 0.15) is 0 Å². The Morgan fingerprint density at radius 2 is 2.38 bits per heavy atom. The lowest BCUT2D eigenvalue weighted by atomic mass is 10.2. The van der Waals surface area contributed by atoms with Gasteiger partial charge in [-0.2, -0.15) is 0 Å². The molecule has 0 saturated carbocycles. The second-order valence-electron chi connectivity index (χ2n) is 5.42. The Morgan fingerprint density at radius 3 is 3.00 bits per heavy atom. The Hall–Kier alpha value is -1.37. The molecule has 1 aliphatic heterocycles. The SMILES string of the molecule is C[C@@H](O)CN1CCN(C(=O)Nc2cccnc2Cl)[C@@H](C)C1. The van der Waals surface area contributed by atoms with Crippen molar-refractivity contribution < 1.29 is 9.90 Å². The number of aliphatic hydroxyl groups excluding tert-OH is 1. The van der Waals surface area contributed by atoms with Crippen LogP contribution in [0.15, 0.2) is 18.3 Å². The molecule has 0 aromatic carbocycles. The molecule has 1 fully saturated rings. The van der Waals surface area contributed by atoms with E-state index in [1.807, 2.05) is 6.92 Å². The quantitative estimate of drug-likeness (QED) is 0.833. The number of nitrogens with one attached hydrogen (secondary N) is 1. The maximum absolute atomic E-state index is 12.3. The third-order valence-electron chi connectivity index (χ3n) is 3.50. The first-order valence-electron chi connectivity index (χ1n) is 7.06. The molecule has 1 saturated heterocycles. The average Bonchev–Trinajstić information content (AvgIpc) is 2.40. The zero-order chi connectivity index (χ0) is 15.4. The Morgan fingerprint density at radius 1 is 1.62 bits per heavy atom. The molecule has 0 aliphatic carbocycles. The molecule has 2 rings (SSSR count). The summed E-state index contributed by atoms with van der Waals surface area (Å²) in [4.78, 5) is 20.2. The van der Waals surface area contributed by atoms with Gasteiger partial charge in [0, 0.05) is 38.4 Å². The van der Waals surface area contributed by atoms with E-state index in [2.05, 4.69) is 15.2 Å². The van der Waals surface area contributed by atoms with Gasteiger partial charge in [-0.1, -0.05) is 11.6 Å². The van der Waals surface area contributed by atoms with Crippen LogP contribution in [-0.4, -0.2) is 64.2 Å². The molecule has 0 bridgehead atoms. The van der Waals surface area contributed by atoms with Crippen molar-refractivity contribution in [3.63, 3.8) is 0 Å². The van der Waals surface area contributed by atoms with Crippen LogP contribution in [0.4, 0.5) is 10.5 Å². The van der Waals surface area contributed by atoms with Crippen molar-refractivity contribution in [1.82, 2.24) is 14.8 Å². The van der Waals surface area contributed by atoms with E-state index in [0.717, 1.165) is 13.1 Å². The van der Waals surface area contributed by atoms with Crippen molar-refractivity contribution >= 4 is 23.3 Å². The molecule has 1 aliphatic rings. The van der Waals surface area contributed by atoms with Gasteiger partial charge in [0.15, 0.2) is 5.15 Å². The molecular weight excluding hydrogens is 292 g/mol. The highest BCUT2D eigenvalue weighted by Crippen LogP contribution is 2.19. The van der Waals surface area contributed by atoms with Crippen LogP contribution in [0.25, 0.3) is 0 Å². The Balaban J connectivity index is 1.93. The van der Waals surface area contributed by atoms with E-state index in [0.29, 0.717) is 18.8 Å². The molecule has 116 valence electrons. The van der Waals surface area contributed by atoms with Crippen LogP contribution in [0, 0.1) is 0 Å². The minimum absolute atomic E-state index is 0.0768. The van der Waals surface area contributed by atoms with Crippen molar-refractivity contribution in [3.05, 3.63) is 23.5 Å². The molecule has 7 heteroatoms. The van der Waals surface area contributed by atoms with Gasteiger partial charge in [0.2, 0.25) is 0 Å². The van der Waals surface area contributed by atoms with Gasteiger partial charge in [-0.3, -0.25) is 4.90 Å². The number of urea groups is 1. The fraction of sp³-hybridized carbons (Fsp3) is 0.571. The van der Waals surface area contributed by atoms with Crippen molar-refractivity contribution in [1.29, 1.82) is 0 Å². The lowest BCUT2D eigenvalue weighted by Crippen LogP contribution is -2.56. The minimum Gasteiger partial charge on any atom is -0.392 e. The largest absolute Gasteiger partial charge is 0.392 e. The average molecular weight is 313 g/mol. The summed E-state index contributed by atoms with van der Waals surface area (Å²) in [6.45, 7) is 6.53. The number of hydrogen-bond donors (Lipinski definition) is 2. The topological polar surface area (TPSA) is 68.7 Å². The van der Waals surface area contributed by atoms with E-state index < -0.39 is 0 Å². The maximum Gasteiger partial charge on any atom is 0.322 e. The minimum atomic E-state index is -0.355. The lowest BCUT2D eigenvalue weighted by molar-refractivity contribution is 0.0692. The number of β-amino-alcohol motifs (C(OH)–C–C–N with tert-alkyl or cyclic N) is 1. The number of nitrogens with zero attached hydrogens (tertiary/aromatic N) is 3. The predicted molar refractivity (Wildman–Crippen MR) is 82.6 cm³/mol. The van der Waals surface area contributed by atoms with Crippen molar-refractivity contribution in [2.45, 2.75) is 26.0 Å². The van der Waals surface area contributed by atoms with Crippen LogP contribution in [-0.2, 0) is 0 Å². The molecule has 2 heterocycles. The summed E-state index contributed by atoms with van der Waals surface area (Å²) in [5.41, 5.74) is 0.516. The summed E-state index contributed by atoms with van der Waals surface area (Å²) in [6.07, 6.45) is 1.22. The van der Waals surface area contributed by atoms with Crippen LogP contribution in [0.1, 0.15) is 13.8 Å². The number of hydrogen-bond acceptors (Lipinski definition) is 4. The highest BCUT2D eigenvalue weighted by Gasteiger charge is 2.28. The van der Waals surface area contributed by atoms with Crippen LogP contribution < -0.4 is 5.32 Å². The monoisotopic (exact) mass is 312 g/mol. The fourth-order valence-corrected chi connectivity index (χ4v) is 2.71. The number of anilines is 1. The van der Waals surface area contributed by atoms with Crippen molar-refractivity contribution in [3.8, 4) is 0 Å². The first kappa shape index (κ1) is 16.0. The number of pyridine rings is 1. The van der Waals surface area contributed by atoms with Gasteiger partial charge in [0.05, 0.1) is 11.8 Å². The number of aliphatic hydroxyl groups is 1. The van der Waals surface area contributed by atoms with Gasteiger partial charge in [-0.15, -0.1) is 0 Å². The van der Waals surface area contributed by atoms with Crippen LogP contribution in [0.2, 0.25) is 5.15 Å². The molecule has 2 amide bonds. The number of aromatic nitrogens is 1. The summed E-state index contributed by atoms with van der Waals surface area (Å²) in [5.74, 6) is 0. The first-order valence-corrected chi connectivity index (χ1v) is 7.43. The highest BCUT2D eigenvalue weighted by atomic mass is 35.5. The maximum atomic E-state index is 12.3. The van der Waals surface area contributed by atoms with Crippen molar-refractivity contribution in [2.24, 2.45) is 0 Å². The molecule has 0 radical (unpaired) electrons. The first-order chi connectivity index (χ1) is 9.97. The Labute approximate surface area is 129 Å². The van der Waals surface area contributed by atoms with E-state index in [1.165, 1.54) is 0 Å². The van der Waals surface area contributed by atoms with E-state index in [-0.39, 0.29) is 23.3 Å². The summed E-state index contributed by atoms with van der Waals surface area (Å²) in [5, 5.41) is 12.5. The van der Waals surface area contributed by atoms with Gasteiger partial charge in [-0.25, -0.2) is 9.78 Å². The third-order valence-corrected chi connectivity index (χ3v) is 3.80. The molecule has 21 heavy (non-hydrogen) atoms. The number of carbonyl (C=O) groups is 1. The molecular formula is C14H21ClN4O2. The summed E-state index contributed by atoms with van der Waals surface area (Å²) >= 11 is 5.94. The van der Waals surface area contributed by atoms with E-state index in [1.54, 1.807) is 30.2 Å². The van der Waals surface area contributed by atoms with Crippen LogP contribution >= 0.6 is 11.6 Å². The van der Waals surface area contributed by atoms with Crippen LogP contribution in [0.3, 0.4) is 0 Å². The summed E-state index contributed by atoms with van der Waals surface area (Å²) < 4.78 is 0. The van der Waals surface area contributed by atoms with E-state index >= 15 is 0 Å². The molecule has 2 N–H and O–H groups in total. The smallest absolute Gasteiger partial charge is 0.322 e. The molecule has 6 nitrogen and oxygen atoms in total. The number of piperazine rings is 1. The number of amides is 2. The van der Waals surface area contributed by atoms with Gasteiger partial charge < -0.3 is 15.3 Å². The summed E-state index contributed by atoms with van der Waals surface area (Å²) in [7, 11) is 0. The predicted octanol–water partition coefficient (Wildman–Crippen LogP) is 1.65. The Bertz CT molecular complexity index is 498. The van der Waals surface area contributed by atoms with Crippen molar-refractivity contribution in [2.75, 3.05) is 31.5 Å². The van der Waals surface area contributed by atoms with E-state index in [9.17, 15) is 9.90 Å². The molecule has 1 aromatic heterocycles. The van der Waals surface area contributed by atoms with Gasteiger partial charge in [-0.05, 0) is 26.0 Å². The molecule has 0 unspecified atom stereocenters. The Kier molecular flexibility index (Phi) is 5.39. The van der Waals surface area contributed by atoms with Crippen LogP contribution in [0.5, 0.6) is 0 Å². The van der Waals surface area contributed by atoms with Gasteiger partial charge >= 0.3 is 6.03 Å². The number of halogens is 1. The van der Waals surface area contributed by atoms with E-state index in [4.69, 9.17) is 11.6 Å². The third kappa shape index (κ3) is 4.30. The fourth-order valence-electron chi connectivity index (χ4n) is 2.54. The number of carbonyl (C=O) groups excluding carboxylic acids is 1. The zero-order valence-electron chi connectivity index (χ0n) is 12.3. The molecule has 2 atom stereocenters. The molecule has 1 aromatic rings.